The van der Waals surface area contributed by atoms with E-state index in [0.29, 0.717) is 16.4 Å². The number of anilines is 1. The Morgan fingerprint density at radius 3 is 2.64 bits per heavy atom. The zero-order valence-electron chi connectivity index (χ0n) is 11.0. The largest absolute Gasteiger partial charge is 0.435 e. The fourth-order valence-electron chi connectivity index (χ4n) is 1.62. The minimum Gasteiger partial charge on any atom is -0.287 e. The molecule has 0 aliphatic heterocycles. The monoisotopic (exact) mass is 345 g/mol. The molecule has 2 aromatic rings. The first kappa shape index (κ1) is 16.3. The van der Waals surface area contributed by atoms with Crippen molar-refractivity contribution in [3.63, 3.8) is 0 Å². The number of benzene rings is 1. The van der Waals surface area contributed by atoms with Crippen molar-refractivity contribution in [2.24, 2.45) is 0 Å². The molecular formula is C13H7ClF3N3OS. The SMILES string of the molecule is CN(C(=O)c1cccc(Cl)c1)c1nc(C(F)(F)F)c(C#N)s1. The Morgan fingerprint density at radius 1 is 1.45 bits per heavy atom. The van der Waals surface area contributed by atoms with Crippen LogP contribution in [0.3, 0.4) is 0 Å². The summed E-state index contributed by atoms with van der Waals surface area (Å²) < 4.78 is 38.3. The molecule has 9 heteroatoms. The smallest absolute Gasteiger partial charge is 0.287 e. The Morgan fingerprint density at radius 2 is 2.14 bits per heavy atom. The lowest BCUT2D eigenvalue weighted by molar-refractivity contribution is -0.140. The van der Waals surface area contributed by atoms with Gasteiger partial charge in [-0.25, -0.2) is 4.98 Å². The van der Waals surface area contributed by atoms with Gasteiger partial charge in [0.25, 0.3) is 5.91 Å². The highest BCUT2D eigenvalue weighted by molar-refractivity contribution is 7.16. The van der Waals surface area contributed by atoms with Crippen LogP contribution >= 0.6 is 22.9 Å². The number of hydrogen-bond acceptors (Lipinski definition) is 4. The highest BCUT2D eigenvalue weighted by atomic mass is 35.5. The van der Waals surface area contributed by atoms with Crippen molar-refractivity contribution >= 4 is 34.0 Å². The van der Waals surface area contributed by atoms with Crippen LogP contribution in [0.5, 0.6) is 0 Å². The van der Waals surface area contributed by atoms with Crippen LogP contribution in [0.2, 0.25) is 5.02 Å². The molecule has 1 heterocycles. The van der Waals surface area contributed by atoms with Crippen LogP contribution in [0.1, 0.15) is 20.9 Å². The summed E-state index contributed by atoms with van der Waals surface area (Å²) in [7, 11) is 1.28. The van der Waals surface area contributed by atoms with E-state index in [1.165, 1.54) is 25.2 Å². The summed E-state index contributed by atoms with van der Waals surface area (Å²) in [5.41, 5.74) is -1.09. The van der Waals surface area contributed by atoms with Gasteiger partial charge in [-0.1, -0.05) is 29.0 Å². The number of rotatable bonds is 2. The predicted octanol–water partition coefficient (Wildman–Crippen LogP) is 3.96. The van der Waals surface area contributed by atoms with Crippen LogP contribution < -0.4 is 4.90 Å². The maximum atomic E-state index is 12.8. The minimum atomic E-state index is -4.75. The topological polar surface area (TPSA) is 57.0 Å². The number of carbonyl (C=O) groups excluding carboxylic acids is 1. The van der Waals surface area contributed by atoms with E-state index in [2.05, 4.69) is 4.98 Å². The molecule has 114 valence electrons. The molecule has 1 aromatic carbocycles. The van der Waals surface area contributed by atoms with Crippen molar-refractivity contribution in [1.29, 1.82) is 5.26 Å². The van der Waals surface area contributed by atoms with E-state index in [-0.39, 0.29) is 10.7 Å². The van der Waals surface area contributed by atoms with Gasteiger partial charge in [0.1, 0.15) is 10.9 Å². The summed E-state index contributed by atoms with van der Waals surface area (Å²) in [6.45, 7) is 0. The molecule has 0 fully saturated rings. The molecule has 0 N–H and O–H groups in total. The molecule has 0 atom stereocenters. The quantitative estimate of drug-likeness (QED) is 0.827. The number of nitriles is 1. The maximum Gasteiger partial charge on any atom is 0.435 e. The molecule has 0 aliphatic rings. The van der Waals surface area contributed by atoms with Crippen molar-refractivity contribution in [2.45, 2.75) is 6.18 Å². The van der Waals surface area contributed by atoms with Crippen molar-refractivity contribution < 1.29 is 18.0 Å². The molecule has 0 saturated heterocycles. The molecule has 0 spiro atoms. The summed E-state index contributed by atoms with van der Waals surface area (Å²) in [4.78, 5) is 16.0. The first-order valence-corrected chi connectivity index (χ1v) is 6.95. The van der Waals surface area contributed by atoms with E-state index in [1.807, 2.05) is 0 Å². The predicted molar refractivity (Wildman–Crippen MR) is 76.0 cm³/mol. The number of alkyl halides is 3. The Labute approximate surface area is 132 Å². The maximum absolute atomic E-state index is 12.8. The first-order valence-electron chi connectivity index (χ1n) is 5.75. The number of nitrogens with zero attached hydrogens (tertiary/aromatic N) is 3. The molecule has 0 unspecified atom stereocenters. The fraction of sp³-hybridized carbons (Fsp3) is 0.154. The van der Waals surface area contributed by atoms with Gasteiger partial charge in [0.15, 0.2) is 10.8 Å². The van der Waals surface area contributed by atoms with Gasteiger partial charge in [-0.15, -0.1) is 0 Å². The van der Waals surface area contributed by atoms with Crippen LogP contribution in [-0.2, 0) is 6.18 Å². The molecule has 1 aromatic heterocycles. The van der Waals surface area contributed by atoms with E-state index in [1.54, 1.807) is 12.1 Å². The summed E-state index contributed by atoms with van der Waals surface area (Å²) in [5.74, 6) is -0.575. The lowest BCUT2D eigenvalue weighted by atomic mass is 10.2. The molecule has 1 amide bonds. The van der Waals surface area contributed by atoms with Crippen LogP contribution in [0.25, 0.3) is 0 Å². The zero-order valence-corrected chi connectivity index (χ0v) is 12.6. The van der Waals surface area contributed by atoms with E-state index in [9.17, 15) is 18.0 Å². The van der Waals surface area contributed by atoms with Crippen LogP contribution in [0.15, 0.2) is 24.3 Å². The Balaban J connectivity index is 2.38. The van der Waals surface area contributed by atoms with E-state index in [4.69, 9.17) is 16.9 Å². The third kappa shape index (κ3) is 3.21. The molecule has 0 bridgehead atoms. The number of hydrogen-bond donors (Lipinski definition) is 0. The molecular weight excluding hydrogens is 339 g/mol. The second-order valence-corrected chi connectivity index (χ2v) is 5.57. The molecule has 22 heavy (non-hydrogen) atoms. The summed E-state index contributed by atoms with van der Waals surface area (Å²) in [6, 6.07) is 7.43. The van der Waals surface area contributed by atoms with Crippen molar-refractivity contribution in [2.75, 3.05) is 11.9 Å². The first-order chi connectivity index (χ1) is 10.2. The molecule has 2 rings (SSSR count). The van der Waals surface area contributed by atoms with Crippen LogP contribution in [0, 0.1) is 11.3 Å². The minimum absolute atomic E-state index is 0.206. The average Bonchev–Trinajstić information content (AvgIpc) is 2.90. The third-order valence-corrected chi connectivity index (χ3v) is 3.92. The van der Waals surface area contributed by atoms with Gasteiger partial charge in [-0.05, 0) is 18.2 Å². The van der Waals surface area contributed by atoms with Crippen LogP contribution in [0.4, 0.5) is 18.3 Å². The summed E-state index contributed by atoms with van der Waals surface area (Å²) in [6.07, 6.45) is -4.75. The standard InChI is InChI=1S/C13H7ClF3N3OS/c1-20(11(21)7-3-2-4-8(14)5-7)12-19-10(13(15,16)17)9(6-18)22-12/h2-5H,1H3. The second-order valence-electron chi connectivity index (χ2n) is 4.16. The van der Waals surface area contributed by atoms with Gasteiger partial charge < -0.3 is 0 Å². The Hall–Kier alpha value is -2.11. The lowest BCUT2D eigenvalue weighted by Crippen LogP contribution is -2.26. The van der Waals surface area contributed by atoms with Crippen LogP contribution in [-0.4, -0.2) is 17.9 Å². The number of halogens is 4. The number of carbonyl (C=O) groups is 1. The van der Waals surface area contributed by atoms with E-state index < -0.39 is 22.7 Å². The highest BCUT2D eigenvalue weighted by Crippen LogP contribution is 2.36. The molecule has 4 nitrogen and oxygen atoms in total. The lowest BCUT2D eigenvalue weighted by Gasteiger charge is -2.13. The van der Waals surface area contributed by atoms with Crippen molar-refractivity contribution in [3.8, 4) is 6.07 Å². The highest BCUT2D eigenvalue weighted by Gasteiger charge is 2.38. The molecule has 0 saturated carbocycles. The van der Waals surface area contributed by atoms with Gasteiger partial charge in [0, 0.05) is 17.6 Å². The third-order valence-electron chi connectivity index (χ3n) is 2.65. The number of aromatic nitrogens is 1. The Bertz CT molecular complexity index is 767. The van der Waals surface area contributed by atoms with Crippen molar-refractivity contribution in [3.05, 3.63) is 45.4 Å². The van der Waals surface area contributed by atoms with Gasteiger partial charge in [0.2, 0.25) is 0 Å². The van der Waals surface area contributed by atoms with Gasteiger partial charge in [-0.3, -0.25) is 9.69 Å². The fourth-order valence-corrected chi connectivity index (χ4v) is 2.66. The number of amides is 1. The van der Waals surface area contributed by atoms with Gasteiger partial charge in [0.05, 0.1) is 0 Å². The van der Waals surface area contributed by atoms with Crippen molar-refractivity contribution in [1.82, 2.24) is 4.98 Å². The summed E-state index contributed by atoms with van der Waals surface area (Å²) >= 11 is 6.28. The molecule has 0 aliphatic carbocycles. The van der Waals surface area contributed by atoms with Gasteiger partial charge in [-0.2, -0.15) is 18.4 Å². The summed E-state index contributed by atoms with van der Waals surface area (Å²) in [5, 5.41) is 8.88. The second kappa shape index (κ2) is 5.94. The van der Waals surface area contributed by atoms with Gasteiger partial charge >= 0.3 is 6.18 Å². The average molecular weight is 346 g/mol. The molecule has 0 radical (unpaired) electrons. The van der Waals surface area contributed by atoms with E-state index in [0.717, 1.165) is 4.90 Å². The Kier molecular flexibility index (Phi) is 4.39. The normalized spacial score (nSPS) is 11.1. The zero-order chi connectivity index (χ0) is 16.5. The number of thiazole rings is 1. The van der Waals surface area contributed by atoms with E-state index >= 15 is 0 Å².